The number of nitrogens with zero attached hydrogens (tertiary/aromatic N) is 2. The summed E-state index contributed by atoms with van der Waals surface area (Å²) in [4.78, 5) is 2.14. The first-order valence-corrected chi connectivity index (χ1v) is 11.5. The average molecular weight is 528 g/mol. The smallest absolute Gasteiger partial charge is 0.152 e. The van der Waals surface area contributed by atoms with Crippen LogP contribution in [0.25, 0.3) is 22.2 Å². The van der Waals surface area contributed by atoms with Crippen LogP contribution in [0.3, 0.4) is 0 Å². The van der Waals surface area contributed by atoms with Crippen LogP contribution in [0.2, 0.25) is 0 Å². The van der Waals surface area contributed by atoms with Crippen molar-refractivity contribution in [3.63, 3.8) is 0 Å². The van der Waals surface area contributed by atoms with E-state index in [0.29, 0.717) is 6.61 Å². The maximum absolute atomic E-state index is 6.42. The van der Waals surface area contributed by atoms with Gasteiger partial charge in [-0.15, -0.1) is 0 Å². The van der Waals surface area contributed by atoms with Crippen molar-refractivity contribution in [2.24, 2.45) is 0 Å². The lowest BCUT2D eigenvalue weighted by Crippen LogP contribution is -2.19. The van der Waals surface area contributed by atoms with Crippen molar-refractivity contribution < 1.29 is 4.74 Å². The lowest BCUT2D eigenvalue weighted by molar-refractivity contribution is 0.264. The molecule has 4 aromatic rings. The summed E-state index contributed by atoms with van der Waals surface area (Å²) in [6.45, 7) is 2.27. The van der Waals surface area contributed by atoms with Gasteiger partial charge in [-0.3, -0.25) is 0 Å². The number of hydrogen-bond donors (Lipinski definition) is 0. The Hall–Kier alpha value is -2.08. The molecule has 0 aliphatic carbocycles. The van der Waals surface area contributed by atoms with Crippen LogP contribution in [-0.2, 0) is 6.54 Å². The molecule has 1 aromatic heterocycles. The number of ether oxygens (including phenoxy) is 1. The zero-order valence-electron chi connectivity index (χ0n) is 17.1. The summed E-state index contributed by atoms with van der Waals surface area (Å²) in [6, 6.07) is 25.4. The van der Waals surface area contributed by atoms with Gasteiger partial charge in [-0.2, -0.15) is 0 Å². The predicted molar refractivity (Wildman–Crippen MR) is 132 cm³/mol. The van der Waals surface area contributed by atoms with Gasteiger partial charge in [0.1, 0.15) is 6.61 Å². The Morgan fingerprint density at radius 1 is 0.867 bits per heavy atom. The van der Waals surface area contributed by atoms with E-state index in [2.05, 4.69) is 122 Å². The zero-order valence-corrected chi connectivity index (χ0v) is 20.3. The first kappa shape index (κ1) is 21.2. The van der Waals surface area contributed by atoms with Crippen LogP contribution in [-0.4, -0.2) is 36.7 Å². The van der Waals surface area contributed by atoms with Gasteiger partial charge in [0, 0.05) is 33.0 Å². The normalized spacial score (nSPS) is 11.4. The van der Waals surface area contributed by atoms with E-state index in [1.165, 1.54) is 11.1 Å². The highest BCUT2D eigenvalue weighted by atomic mass is 79.9. The largest absolute Gasteiger partial charge is 0.489 e. The predicted octanol–water partition coefficient (Wildman–Crippen LogP) is 6.82. The Morgan fingerprint density at radius 3 is 2.27 bits per heavy atom. The van der Waals surface area contributed by atoms with Crippen molar-refractivity contribution in [2.75, 3.05) is 27.2 Å². The molecule has 0 bridgehead atoms. The SMILES string of the molecule is CN(C)CCOc1c(-c2ccccc2)n(Cc2ccc(Br)cc2)c2ccc(Br)cc12. The van der Waals surface area contributed by atoms with E-state index in [1.54, 1.807) is 0 Å². The quantitative estimate of drug-likeness (QED) is 0.262. The van der Waals surface area contributed by atoms with Gasteiger partial charge in [-0.1, -0.05) is 74.3 Å². The van der Waals surface area contributed by atoms with E-state index < -0.39 is 0 Å². The van der Waals surface area contributed by atoms with Gasteiger partial charge in [-0.25, -0.2) is 0 Å². The van der Waals surface area contributed by atoms with Crippen LogP contribution in [0.15, 0.2) is 81.7 Å². The van der Waals surface area contributed by atoms with E-state index in [9.17, 15) is 0 Å². The molecule has 0 spiro atoms. The molecule has 0 amide bonds. The van der Waals surface area contributed by atoms with Crippen LogP contribution < -0.4 is 4.74 Å². The van der Waals surface area contributed by atoms with Gasteiger partial charge in [0.15, 0.2) is 5.75 Å². The second-order valence-corrected chi connectivity index (χ2v) is 9.40. The minimum absolute atomic E-state index is 0.636. The van der Waals surface area contributed by atoms with Crippen molar-refractivity contribution in [2.45, 2.75) is 6.54 Å². The van der Waals surface area contributed by atoms with Gasteiger partial charge in [-0.05, 0) is 50.0 Å². The zero-order chi connectivity index (χ0) is 21.1. The lowest BCUT2D eigenvalue weighted by Gasteiger charge is -2.15. The standard InChI is InChI=1S/C25H24Br2N2O/c1-28(2)14-15-30-25-22-16-21(27)12-13-23(22)29(17-18-8-10-20(26)11-9-18)24(25)19-6-4-3-5-7-19/h3-13,16H,14-15,17H2,1-2H3. The number of benzene rings is 3. The number of aromatic nitrogens is 1. The van der Waals surface area contributed by atoms with E-state index in [1.807, 2.05) is 6.07 Å². The molecule has 154 valence electrons. The highest BCUT2D eigenvalue weighted by molar-refractivity contribution is 9.10. The fourth-order valence-electron chi connectivity index (χ4n) is 3.59. The molecular weight excluding hydrogens is 504 g/mol. The minimum atomic E-state index is 0.636. The minimum Gasteiger partial charge on any atom is -0.489 e. The summed E-state index contributed by atoms with van der Waals surface area (Å²) in [5.74, 6) is 0.941. The molecule has 0 radical (unpaired) electrons. The molecule has 3 aromatic carbocycles. The van der Waals surface area contributed by atoms with Gasteiger partial charge >= 0.3 is 0 Å². The molecule has 0 unspecified atom stereocenters. The highest BCUT2D eigenvalue weighted by Gasteiger charge is 2.20. The summed E-state index contributed by atoms with van der Waals surface area (Å²) in [5.41, 5.74) is 4.68. The number of fused-ring (bicyclic) bond motifs is 1. The molecule has 0 saturated heterocycles. The average Bonchev–Trinajstić information content (AvgIpc) is 3.02. The third-order valence-electron chi connectivity index (χ3n) is 5.07. The van der Waals surface area contributed by atoms with E-state index in [0.717, 1.165) is 44.4 Å². The third-order valence-corrected chi connectivity index (χ3v) is 6.09. The van der Waals surface area contributed by atoms with Crippen molar-refractivity contribution in [1.82, 2.24) is 9.47 Å². The Morgan fingerprint density at radius 2 is 1.57 bits per heavy atom. The van der Waals surface area contributed by atoms with E-state index in [-0.39, 0.29) is 0 Å². The molecule has 0 saturated carbocycles. The second kappa shape index (κ2) is 9.38. The Kier molecular flexibility index (Phi) is 6.61. The first-order chi connectivity index (χ1) is 14.5. The van der Waals surface area contributed by atoms with Crippen molar-refractivity contribution in [3.05, 3.63) is 87.3 Å². The second-order valence-electron chi connectivity index (χ2n) is 7.57. The molecule has 0 fully saturated rings. The van der Waals surface area contributed by atoms with E-state index in [4.69, 9.17) is 4.74 Å². The summed E-state index contributed by atoms with van der Waals surface area (Å²) in [6.07, 6.45) is 0. The van der Waals surface area contributed by atoms with Crippen LogP contribution >= 0.6 is 31.9 Å². The van der Waals surface area contributed by atoms with Crippen LogP contribution in [0.4, 0.5) is 0 Å². The maximum Gasteiger partial charge on any atom is 0.152 e. The highest BCUT2D eigenvalue weighted by Crippen LogP contribution is 2.41. The Bertz CT molecular complexity index is 1140. The number of hydrogen-bond acceptors (Lipinski definition) is 2. The monoisotopic (exact) mass is 526 g/mol. The molecular formula is C25H24Br2N2O. The van der Waals surface area contributed by atoms with Crippen molar-refractivity contribution in [3.8, 4) is 17.0 Å². The van der Waals surface area contributed by atoms with Crippen molar-refractivity contribution in [1.29, 1.82) is 0 Å². The van der Waals surface area contributed by atoms with Crippen LogP contribution in [0.1, 0.15) is 5.56 Å². The fraction of sp³-hybridized carbons (Fsp3) is 0.200. The van der Waals surface area contributed by atoms with Crippen molar-refractivity contribution >= 4 is 42.8 Å². The summed E-state index contributed by atoms with van der Waals surface area (Å²) in [7, 11) is 4.13. The number of rotatable bonds is 7. The topological polar surface area (TPSA) is 17.4 Å². The maximum atomic E-state index is 6.42. The molecule has 0 aliphatic heterocycles. The molecule has 5 heteroatoms. The summed E-state index contributed by atoms with van der Waals surface area (Å²) < 4.78 is 10.9. The Balaban J connectivity index is 1.90. The fourth-order valence-corrected chi connectivity index (χ4v) is 4.22. The Labute approximate surface area is 194 Å². The summed E-state index contributed by atoms with van der Waals surface area (Å²) in [5, 5.41) is 1.12. The number of likely N-dealkylation sites (N-methyl/N-ethyl adjacent to an activating group) is 1. The van der Waals surface area contributed by atoms with Gasteiger partial charge < -0.3 is 14.2 Å². The molecule has 30 heavy (non-hydrogen) atoms. The van der Waals surface area contributed by atoms with E-state index >= 15 is 0 Å². The summed E-state index contributed by atoms with van der Waals surface area (Å²) >= 11 is 7.18. The molecule has 4 rings (SSSR count). The molecule has 1 heterocycles. The lowest BCUT2D eigenvalue weighted by atomic mass is 10.1. The molecule has 0 atom stereocenters. The van der Waals surface area contributed by atoms with Gasteiger partial charge in [0.25, 0.3) is 0 Å². The van der Waals surface area contributed by atoms with Crippen LogP contribution in [0, 0.1) is 0 Å². The first-order valence-electron chi connectivity index (χ1n) is 9.92. The molecule has 0 N–H and O–H groups in total. The van der Waals surface area contributed by atoms with Gasteiger partial charge in [0.05, 0.1) is 11.2 Å². The molecule has 3 nitrogen and oxygen atoms in total. The molecule has 0 aliphatic rings. The van der Waals surface area contributed by atoms with Crippen LogP contribution in [0.5, 0.6) is 5.75 Å². The third kappa shape index (κ3) is 4.64. The number of halogens is 2. The van der Waals surface area contributed by atoms with Gasteiger partial charge in [0.2, 0.25) is 0 Å².